The lowest BCUT2D eigenvalue weighted by molar-refractivity contribution is -0.404. The van der Waals surface area contributed by atoms with Crippen molar-refractivity contribution < 1.29 is 4.92 Å². The van der Waals surface area contributed by atoms with Crippen LogP contribution in [0.5, 0.6) is 0 Å². The lowest BCUT2D eigenvalue weighted by atomic mass is 10.2. The molecule has 0 spiro atoms. The fraction of sp³-hybridized carbons (Fsp3) is 0.364. The molecule has 7 heteroatoms. The van der Waals surface area contributed by atoms with Crippen LogP contribution in [0.1, 0.15) is 5.56 Å². The van der Waals surface area contributed by atoms with Crippen molar-refractivity contribution in [2.75, 3.05) is 20.4 Å². The van der Waals surface area contributed by atoms with E-state index in [1.54, 1.807) is 37.0 Å². The maximum Gasteiger partial charge on any atom is 0.274 e. The highest BCUT2D eigenvalue weighted by Gasteiger charge is 2.10. The van der Waals surface area contributed by atoms with Gasteiger partial charge in [-0.25, -0.2) is 4.98 Å². The molecule has 0 aliphatic carbocycles. The lowest BCUT2D eigenvalue weighted by Crippen LogP contribution is -2.27. The van der Waals surface area contributed by atoms with Crippen LogP contribution in [0.3, 0.4) is 0 Å². The third-order valence-electron chi connectivity index (χ3n) is 2.35. The van der Waals surface area contributed by atoms with Crippen LogP contribution in [0.4, 0.5) is 0 Å². The molecule has 0 aromatic carbocycles. The van der Waals surface area contributed by atoms with Crippen molar-refractivity contribution >= 4 is 11.8 Å². The zero-order valence-corrected chi connectivity index (χ0v) is 11.4. The SMILES string of the molecule is CN/C(=C/[N+](=O)[O-])N(C)Cc1cccnc1SC. The molecule has 0 aliphatic rings. The van der Waals surface area contributed by atoms with E-state index in [9.17, 15) is 10.1 Å². The number of hydrogen-bond acceptors (Lipinski definition) is 6. The van der Waals surface area contributed by atoms with E-state index in [1.165, 1.54) is 0 Å². The van der Waals surface area contributed by atoms with Crippen LogP contribution in [0.15, 0.2) is 35.4 Å². The highest BCUT2D eigenvalue weighted by atomic mass is 32.2. The van der Waals surface area contributed by atoms with E-state index >= 15 is 0 Å². The predicted molar refractivity (Wildman–Crippen MR) is 71.6 cm³/mol. The van der Waals surface area contributed by atoms with Gasteiger partial charge < -0.3 is 10.2 Å². The third-order valence-corrected chi connectivity index (χ3v) is 3.10. The Kier molecular flexibility index (Phi) is 5.44. The minimum Gasteiger partial charge on any atom is -0.370 e. The summed E-state index contributed by atoms with van der Waals surface area (Å²) in [6, 6.07) is 3.83. The summed E-state index contributed by atoms with van der Waals surface area (Å²) in [6.45, 7) is 0.560. The molecule has 0 saturated heterocycles. The van der Waals surface area contributed by atoms with Crippen molar-refractivity contribution in [1.82, 2.24) is 15.2 Å². The second kappa shape index (κ2) is 6.85. The first-order valence-electron chi connectivity index (χ1n) is 5.30. The molecule has 0 fully saturated rings. The highest BCUT2D eigenvalue weighted by molar-refractivity contribution is 7.98. The molecule has 0 aliphatic heterocycles. The molecule has 98 valence electrons. The van der Waals surface area contributed by atoms with Crippen molar-refractivity contribution in [2.45, 2.75) is 11.6 Å². The molecule has 0 unspecified atom stereocenters. The highest BCUT2D eigenvalue weighted by Crippen LogP contribution is 2.18. The predicted octanol–water partition coefficient (Wildman–Crippen LogP) is 1.53. The molecule has 18 heavy (non-hydrogen) atoms. The average molecular weight is 268 g/mol. The number of nitrogens with one attached hydrogen (secondary N) is 1. The molecule has 0 atom stereocenters. The topological polar surface area (TPSA) is 71.3 Å². The lowest BCUT2D eigenvalue weighted by Gasteiger charge is -2.21. The van der Waals surface area contributed by atoms with E-state index in [-0.39, 0.29) is 0 Å². The number of rotatable bonds is 6. The van der Waals surface area contributed by atoms with Gasteiger partial charge in [0.05, 0.1) is 4.92 Å². The number of aromatic nitrogens is 1. The number of thioether (sulfide) groups is 1. The van der Waals surface area contributed by atoms with E-state index in [1.807, 2.05) is 18.4 Å². The Morgan fingerprint density at radius 3 is 3.00 bits per heavy atom. The van der Waals surface area contributed by atoms with Crippen LogP contribution in [0.25, 0.3) is 0 Å². The summed E-state index contributed by atoms with van der Waals surface area (Å²) in [5.41, 5.74) is 1.04. The average Bonchev–Trinajstić information content (AvgIpc) is 2.36. The molecule has 0 amide bonds. The number of pyridine rings is 1. The maximum atomic E-state index is 10.5. The normalized spacial score (nSPS) is 11.2. The third kappa shape index (κ3) is 3.92. The van der Waals surface area contributed by atoms with Gasteiger partial charge in [-0.2, -0.15) is 0 Å². The quantitative estimate of drug-likeness (QED) is 0.479. The van der Waals surface area contributed by atoms with E-state index in [2.05, 4.69) is 10.3 Å². The van der Waals surface area contributed by atoms with Crippen molar-refractivity contribution in [2.24, 2.45) is 0 Å². The van der Waals surface area contributed by atoms with Crippen LogP contribution in [0, 0.1) is 10.1 Å². The Balaban J connectivity index is 2.86. The van der Waals surface area contributed by atoms with Crippen LogP contribution in [0.2, 0.25) is 0 Å². The summed E-state index contributed by atoms with van der Waals surface area (Å²) >= 11 is 1.56. The molecule has 1 N–H and O–H groups in total. The van der Waals surface area contributed by atoms with Gasteiger partial charge in [0.15, 0.2) is 5.82 Å². The van der Waals surface area contributed by atoms with Crippen LogP contribution >= 0.6 is 11.8 Å². The Labute approximate surface area is 110 Å². The van der Waals surface area contributed by atoms with E-state index in [0.717, 1.165) is 16.8 Å². The van der Waals surface area contributed by atoms with Gasteiger partial charge in [0.2, 0.25) is 0 Å². The first kappa shape index (κ1) is 14.3. The van der Waals surface area contributed by atoms with Crippen molar-refractivity contribution in [3.63, 3.8) is 0 Å². The molecule has 0 saturated carbocycles. The van der Waals surface area contributed by atoms with E-state index in [4.69, 9.17) is 0 Å². The largest absolute Gasteiger partial charge is 0.370 e. The molecule has 1 heterocycles. The fourth-order valence-electron chi connectivity index (χ4n) is 1.52. The Morgan fingerprint density at radius 2 is 2.44 bits per heavy atom. The molecular formula is C11H16N4O2S. The molecule has 0 bridgehead atoms. The zero-order chi connectivity index (χ0) is 13.5. The van der Waals surface area contributed by atoms with Gasteiger partial charge >= 0.3 is 0 Å². The second-order valence-corrected chi connectivity index (χ2v) is 4.37. The molecule has 1 rings (SSSR count). The summed E-state index contributed by atoms with van der Waals surface area (Å²) in [7, 11) is 3.45. The van der Waals surface area contributed by atoms with Crippen molar-refractivity contribution in [1.29, 1.82) is 0 Å². The maximum absolute atomic E-state index is 10.5. The molecule has 0 radical (unpaired) electrons. The van der Waals surface area contributed by atoms with Crippen LogP contribution in [-0.2, 0) is 6.54 Å². The van der Waals surface area contributed by atoms with Gasteiger partial charge in [0.25, 0.3) is 6.20 Å². The van der Waals surface area contributed by atoms with Crippen molar-refractivity contribution in [3.05, 3.63) is 46.0 Å². The minimum atomic E-state index is -0.471. The Hall–Kier alpha value is -1.76. The number of nitrogens with zero attached hydrogens (tertiary/aromatic N) is 3. The summed E-state index contributed by atoms with van der Waals surface area (Å²) in [5, 5.41) is 14.2. The van der Waals surface area contributed by atoms with Gasteiger partial charge in [-0.3, -0.25) is 10.1 Å². The summed E-state index contributed by atoms with van der Waals surface area (Å²) in [6.07, 6.45) is 4.65. The monoisotopic (exact) mass is 268 g/mol. The Morgan fingerprint density at radius 1 is 1.72 bits per heavy atom. The smallest absolute Gasteiger partial charge is 0.274 e. The molecule has 6 nitrogen and oxygen atoms in total. The number of hydrogen-bond donors (Lipinski definition) is 1. The minimum absolute atomic E-state index is 0.455. The molecular weight excluding hydrogens is 252 g/mol. The second-order valence-electron chi connectivity index (χ2n) is 3.58. The van der Waals surface area contributed by atoms with E-state index in [0.29, 0.717) is 12.4 Å². The molecule has 1 aromatic rings. The van der Waals surface area contributed by atoms with Crippen molar-refractivity contribution in [3.8, 4) is 0 Å². The summed E-state index contributed by atoms with van der Waals surface area (Å²) in [5.74, 6) is 0.455. The molecule has 1 aromatic heterocycles. The summed E-state index contributed by atoms with van der Waals surface area (Å²) < 4.78 is 0. The first-order valence-corrected chi connectivity index (χ1v) is 6.53. The zero-order valence-electron chi connectivity index (χ0n) is 10.6. The Bertz CT molecular complexity index is 450. The van der Waals surface area contributed by atoms with Gasteiger partial charge in [0.1, 0.15) is 5.03 Å². The van der Waals surface area contributed by atoms with Gasteiger partial charge in [-0.05, 0) is 12.3 Å². The van der Waals surface area contributed by atoms with Gasteiger partial charge in [-0.15, -0.1) is 11.8 Å². The fourth-order valence-corrected chi connectivity index (χ4v) is 2.08. The van der Waals surface area contributed by atoms with E-state index < -0.39 is 4.92 Å². The number of nitro groups is 1. The van der Waals surface area contributed by atoms with Crippen LogP contribution in [-0.4, -0.2) is 35.2 Å². The standard InChI is InChI=1S/C11H16N4O2S/c1-12-10(8-15(16)17)14(2)7-9-5-4-6-13-11(9)18-3/h4-6,8,12H,7H2,1-3H3/b10-8-. The van der Waals surface area contributed by atoms with Crippen LogP contribution < -0.4 is 5.32 Å². The summed E-state index contributed by atoms with van der Waals surface area (Å²) in [4.78, 5) is 16.1. The first-order chi connectivity index (χ1) is 8.58. The van der Waals surface area contributed by atoms with Gasteiger partial charge in [0, 0.05) is 32.4 Å². The van der Waals surface area contributed by atoms with Gasteiger partial charge in [-0.1, -0.05) is 6.07 Å².